The Morgan fingerprint density at radius 1 is 1.15 bits per heavy atom. The van der Waals surface area contributed by atoms with E-state index in [1.807, 2.05) is 52.4 Å². The van der Waals surface area contributed by atoms with Gasteiger partial charge in [0.15, 0.2) is 0 Å². The summed E-state index contributed by atoms with van der Waals surface area (Å²) in [6.07, 6.45) is 9.21. The van der Waals surface area contributed by atoms with E-state index in [1.165, 1.54) is 0 Å². The molecule has 39 heavy (non-hydrogen) atoms. The van der Waals surface area contributed by atoms with Crippen LogP contribution in [0.4, 0.5) is 0 Å². The Balaban J connectivity index is 1.36. The van der Waals surface area contributed by atoms with Gasteiger partial charge >= 0.3 is 0 Å². The summed E-state index contributed by atoms with van der Waals surface area (Å²) in [6, 6.07) is 18.1. The number of hydroxylamine groups is 1. The van der Waals surface area contributed by atoms with Crippen molar-refractivity contribution in [2.24, 2.45) is 0 Å². The molecule has 1 fully saturated rings. The van der Waals surface area contributed by atoms with Gasteiger partial charge in [0.2, 0.25) is 5.78 Å². The fourth-order valence-corrected chi connectivity index (χ4v) is 6.15. The second-order valence-electron chi connectivity index (χ2n) is 10.7. The maximum absolute atomic E-state index is 14.2. The number of nitrogens with zero attached hydrogens (tertiary/aromatic N) is 5. The molecule has 3 heterocycles. The van der Waals surface area contributed by atoms with Gasteiger partial charge < -0.3 is 0 Å². The van der Waals surface area contributed by atoms with E-state index in [2.05, 4.69) is 46.8 Å². The van der Waals surface area contributed by atoms with Gasteiger partial charge in [-0.2, -0.15) is 15.3 Å². The molecule has 0 radical (unpaired) electrons. The van der Waals surface area contributed by atoms with Crippen molar-refractivity contribution < 1.29 is 4.84 Å². The van der Waals surface area contributed by atoms with Crippen LogP contribution in [0.2, 0.25) is 0 Å². The van der Waals surface area contributed by atoms with Crippen molar-refractivity contribution in [3.05, 3.63) is 99.4 Å². The van der Waals surface area contributed by atoms with Crippen molar-refractivity contribution in [3.63, 3.8) is 0 Å². The maximum Gasteiger partial charge on any atom is 0.259 e. The van der Waals surface area contributed by atoms with E-state index < -0.39 is 0 Å². The maximum atomic E-state index is 14.2. The lowest BCUT2D eigenvalue weighted by Crippen LogP contribution is -2.39. The zero-order valence-electron chi connectivity index (χ0n) is 22.4. The highest BCUT2D eigenvalue weighted by atomic mass is 16.7. The lowest BCUT2D eigenvalue weighted by molar-refractivity contribution is -0.0668. The predicted molar refractivity (Wildman–Crippen MR) is 149 cm³/mol. The first-order valence-corrected chi connectivity index (χ1v) is 13.7. The summed E-state index contributed by atoms with van der Waals surface area (Å²) in [7, 11) is 0. The Hall–Kier alpha value is -4.22. The van der Waals surface area contributed by atoms with Gasteiger partial charge in [0, 0.05) is 23.7 Å². The Labute approximate surface area is 227 Å². The van der Waals surface area contributed by atoms with Crippen LogP contribution < -0.4 is 11.0 Å². The molecule has 8 nitrogen and oxygen atoms in total. The average Bonchev–Trinajstić information content (AvgIpc) is 3.59. The Morgan fingerprint density at radius 3 is 2.62 bits per heavy atom. The summed E-state index contributed by atoms with van der Waals surface area (Å²) in [5, 5.41) is 14.1. The number of nitriles is 1. The lowest BCUT2D eigenvalue weighted by atomic mass is 9.81. The summed E-state index contributed by atoms with van der Waals surface area (Å²) in [5.74, 6) is 0.619. The van der Waals surface area contributed by atoms with Gasteiger partial charge in [-0.05, 0) is 67.9 Å². The van der Waals surface area contributed by atoms with Gasteiger partial charge in [0.1, 0.15) is 11.9 Å². The Morgan fingerprint density at radius 2 is 1.92 bits per heavy atom. The third kappa shape index (κ3) is 4.53. The van der Waals surface area contributed by atoms with E-state index in [4.69, 9.17) is 4.84 Å². The van der Waals surface area contributed by atoms with Gasteiger partial charge in [-0.15, -0.1) is 0 Å². The largest absolute Gasteiger partial charge is 0.274 e. The zero-order chi connectivity index (χ0) is 27.0. The lowest BCUT2D eigenvalue weighted by Gasteiger charge is -2.35. The van der Waals surface area contributed by atoms with Crippen molar-refractivity contribution in [1.29, 1.82) is 5.26 Å². The van der Waals surface area contributed by atoms with E-state index in [-0.39, 0.29) is 17.2 Å². The van der Waals surface area contributed by atoms with Crippen LogP contribution in [0.5, 0.6) is 0 Å². The molecule has 8 heteroatoms. The van der Waals surface area contributed by atoms with Crippen LogP contribution in [0.3, 0.4) is 0 Å². The third-order valence-corrected chi connectivity index (χ3v) is 8.07. The molecule has 198 valence electrons. The molecular weight excluding hydrogens is 488 g/mol. The number of hydrogen-bond acceptors (Lipinski definition) is 6. The summed E-state index contributed by atoms with van der Waals surface area (Å²) < 4.78 is 3.75. The van der Waals surface area contributed by atoms with Crippen molar-refractivity contribution in [3.8, 4) is 17.2 Å². The minimum Gasteiger partial charge on any atom is -0.274 e. The van der Waals surface area contributed by atoms with E-state index >= 15 is 0 Å². The van der Waals surface area contributed by atoms with Crippen molar-refractivity contribution in [2.45, 2.75) is 70.4 Å². The molecule has 2 aromatic carbocycles. The molecule has 0 bridgehead atoms. The molecule has 0 unspecified atom stereocenters. The fourth-order valence-electron chi connectivity index (χ4n) is 6.15. The van der Waals surface area contributed by atoms with Crippen LogP contribution in [0, 0.1) is 11.3 Å². The smallest absolute Gasteiger partial charge is 0.259 e. The minimum absolute atomic E-state index is 0.0241. The second-order valence-corrected chi connectivity index (χ2v) is 10.7. The number of aryl methyl sites for hydroxylation is 1. The van der Waals surface area contributed by atoms with Crippen molar-refractivity contribution in [1.82, 2.24) is 24.6 Å². The van der Waals surface area contributed by atoms with Crippen LogP contribution in [0.25, 0.3) is 16.9 Å². The Bertz CT molecular complexity index is 1650. The molecule has 6 rings (SSSR count). The third-order valence-electron chi connectivity index (χ3n) is 8.07. The van der Waals surface area contributed by atoms with Crippen LogP contribution in [-0.4, -0.2) is 24.8 Å². The van der Waals surface area contributed by atoms with Crippen LogP contribution in [-0.2, 0) is 17.7 Å². The van der Waals surface area contributed by atoms with Crippen molar-refractivity contribution >= 4 is 5.78 Å². The number of nitrogens with one attached hydrogen (secondary N) is 1. The standard InChI is InChI=1S/C31H32N6O2/c1-3-6-28-27(17-22-9-11-23(12-10-22)26-8-5-4-7-24(26)19-32)29(38)36(30-33-20-34-37(28)30)25-13-15-31(16-14-25)18-21(2)35-39-31/h4-5,7-12,18,20,25,35H,3,6,13-17H2,1-2H3. The summed E-state index contributed by atoms with van der Waals surface area (Å²) >= 11 is 0. The molecule has 2 aliphatic rings. The summed E-state index contributed by atoms with van der Waals surface area (Å²) in [4.78, 5) is 24.7. The van der Waals surface area contributed by atoms with E-state index in [0.717, 1.165) is 72.2 Å². The van der Waals surface area contributed by atoms with Crippen LogP contribution in [0.15, 0.2) is 71.4 Å². The monoisotopic (exact) mass is 520 g/mol. The quantitative estimate of drug-likeness (QED) is 0.372. The molecule has 0 saturated heterocycles. The normalized spacial score (nSPS) is 20.6. The zero-order valence-corrected chi connectivity index (χ0v) is 22.4. The number of benzene rings is 2. The minimum atomic E-state index is -0.287. The van der Waals surface area contributed by atoms with E-state index in [9.17, 15) is 10.1 Å². The van der Waals surface area contributed by atoms with Gasteiger partial charge in [-0.1, -0.05) is 55.8 Å². The fraction of sp³-hybridized carbons (Fsp3) is 0.355. The molecule has 1 saturated carbocycles. The number of hydrogen-bond donors (Lipinski definition) is 1. The van der Waals surface area contributed by atoms with Gasteiger partial charge in [0.25, 0.3) is 5.56 Å². The van der Waals surface area contributed by atoms with Crippen LogP contribution in [0.1, 0.15) is 74.4 Å². The van der Waals surface area contributed by atoms with Gasteiger partial charge in [-0.25, -0.2) is 4.52 Å². The number of aromatic nitrogens is 4. The highest BCUT2D eigenvalue weighted by molar-refractivity contribution is 5.70. The van der Waals surface area contributed by atoms with Crippen molar-refractivity contribution in [2.75, 3.05) is 0 Å². The summed E-state index contributed by atoms with van der Waals surface area (Å²) in [5.41, 5.74) is 9.06. The number of rotatable bonds is 6. The van der Waals surface area contributed by atoms with E-state index in [0.29, 0.717) is 17.8 Å². The highest BCUT2D eigenvalue weighted by Crippen LogP contribution is 2.40. The molecule has 4 aromatic rings. The second kappa shape index (κ2) is 10.2. The van der Waals surface area contributed by atoms with Crippen LogP contribution >= 0.6 is 0 Å². The number of fused-ring (bicyclic) bond motifs is 1. The topological polar surface area (TPSA) is 97.2 Å². The molecule has 1 spiro atoms. The van der Waals surface area contributed by atoms with E-state index in [1.54, 1.807) is 6.33 Å². The summed E-state index contributed by atoms with van der Waals surface area (Å²) in [6.45, 7) is 4.13. The SMILES string of the molecule is CCCc1c(Cc2ccc(-c3ccccc3C#N)cc2)c(=O)n(C2CCC3(C=C(C)NO3)CC2)c2ncnn12. The van der Waals surface area contributed by atoms with Gasteiger partial charge in [0.05, 0.1) is 17.3 Å². The molecule has 1 aliphatic heterocycles. The number of allylic oxidation sites excluding steroid dienone is 1. The molecule has 0 amide bonds. The first-order chi connectivity index (χ1) is 19.0. The molecule has 1 N–H and O–H groups in total. The Kier molecular flexibility index (Phi) is 6.53. The first-order valence-electron chi connectivity index (χ1n) is 13.7. The molecular formula is C31H32N6O2. The predicted octanol–water partition coefficient (Wildman–Crippen LogP) is 5.27. The molecule has 1 aliphatic carbocycles. The molecule has 2 aromatic heterocycles. The highest BCUT2D eigenvalue weighted by Gasteiger charge is 2.39. The molecule has 0 atom stereocenters. The first kappa shape index (κ1) is 25.1. The average molecular weight is 521 g/mol. The van der Waals surface area contributed by atoms with Gasteiger partial charge in [-0.3, -0.25) is 19.7 Å².